The van der Waals surface area contributed by atoms with Crippen molar-refractivity contribution in [1.82, 2.24) is 14.9 Å². The van der Waals surface area contributed by atoms with E-state index in [-0.39, 0.29) is 5.41 Å². The van der Waals surface area contributed by atoms with Gasteiger partial charge < -0.3 is 14.6 Å². The van der Waals surface area contributed by atoms with E-state index in [9.17, 15) is 0 Å². The van der Waals surface area contributed by atoms with Crippen molar-refractivity contribution in [3.63, 3.8) is 0 Å². The Kier molecular flexibility index (Phi) is 3.30. The zero-order chi connectivity index (χ0) is 11.6. The third-order valence-electron chi connectivity index (χ3n) is 3.54. The van der Waals surface area contributed by atoms with E-state index in [1.54, 1.807) is 7.11 Å². The molecule has 0 saturated carbocycles. The number of rotatable bonds is 4. The molecular formula is C12H21N3O. The summed E-state index contributed by atoms with van der Waals surface area (Å²) in [4.78, 5) is 4.29. The first-order valence-electron chi connectivity index (χ1n) is 5.89. The van der Waals surface area contributed by atoms with Crippen molar-refractivity contribution in [1.29, 1.82) is 0 Å². The molecule has 4 heteroatoms. The summed E-state index contributed by atoms with van der Waals surface area (Å²) >= 11 is 0. The molecule has 16 heavy (non-hydrogen) atoms. The summed E-state index contributed by atoms with van der Waals surface area (Å²) in [5.41, 5.74) is 1.54. The zero-order valence-electron chi connectivity index (χ0n) is 10.4. The van der Waals surface area contributed by atoms with Crippen molar-refractivity contribution in [2.24, 2.45) is 0 Å². The van der Waals surface area contributed by atoms with Gasteiger partial charge in [-0.25, -0.2) is 4.98 Å². The highest BCUT2D eigenvalue weighted by Gasteiger charge is 2.33. The third-order valence-corrected chi connectivity index (χ3v) is 3.54. The van der Waals surface area contributed by atoms with Gasteiger partial charge in [-0.2, -0.15) is 0 Å². The van der Waals surface area contributed by atoms with E-state index in [0.29, 0.717) is 6.04 Å². The lowest BCUT2D eigenvalue weighted by Gasteiger charge is -2.26. The second-order valence-corrected chi connectivity index (χ2v) is 4.98. The summed E-state index contributed by atoms with van der Waals surface area (Å²) in [5.74, 6) is 0. The van der Waals surface area contributed by atoms with Crippen LogP contribution < -0.4 is 5.32 Å². The number of imidazole rings is 1. The Morgan fingerprint density at radius 3 is 3.12 bits per heavy atom. The van der Waals surface area contributed by atoms with Crippen LogP contribution in [0.2, 0.25) is 0 Å². The second-order valence-electron chi connectivity index (χ2n) is 4.98. The standard InChI is InChI=1S/C12H21N3O/c1-10(7-16-3)15-9-14-6-11(15)12(2)4-5-13-8-12/h6,9-10,13H,4-5,7-8H2,1-3H3. The maximum atomic E-state index is 5.21. The lowest BCUT2D eigenvalue weighted by atomic mass is 9.86. The molecule has 1 fully saturated rings. The molecule has 0 bridgehead atoms. The number of ether oxygens (including phenoxy) is 1. The zero-order valence-corrected chi connectivity index (χ0v) is 10.4. The van der Waals surface area contributed by atoms with E-state index in [0.717, 1.165) is 19.7 Å². The molecule has 2 heterocycles. The van der Waals surface area contributed by atoms with Gasteiger partial charge in [0.2, 0.25) is 0 Å². The monoisotopic (exact) mass is 223 g/mol. The van der Waals surface area contributed by atoms with E-state index < -0.39 is 0 Å². The lowest BCUT2D eigenvalue weighted by Crippen LogP contribution is -2.29. The SMILES string of the molecule is COCC(C)n1cncc1C1(C)CCNC1. The average molecular weight is 223 g/mol. The summed E-state index contributed by atoms with van der Waals surface area (Å²) in [7, 11) is 1.74. The van der Waals surface area contributed by atoms with Gasteiger partial charge in [-0.15, -0.1) is 0 Å². The molecule has 0 aliphatic carbocycles. The molecule has 0 radical (unpaired) electrons. The summed E-state index contributed by atoms with van der Waals surface area (Å²) < 4.78 is 7.46. The first-order valence-corrected chi connectivity index (χ1v) is 5.89. The number of nitrogens with zero attached hydrogens (tertiary/aromatic N) is 2. The van der Waals surface area contributed by atoms with Gasteiger partial charge in [0.15, 0.2) is 0 Å². The molecule has 1 aliphatic heterocycles. The van der Waals surface area contributed by atoms with Crippen molar-refractivity contribution < 1.29 is 4.74 Å². The van der Waals surface area contributed by atoms with Crippen molar-refractivity contribution in [2.75, 3.05) is 26.8 Å². The fourth-order valence-electron chi connectivity index (χ4n) is 2.48. The molecule has 2 atom stereocenters. The van der Waals surface area contributed by atoms with Crippen LogP contribution in [-0.2, 0) is 10.2 Å². The highest BCUT2D eigenvalue weighted by molar-refractivity contribution is 5.18. The largest absolute Gasteiger partial charge is 0.383 e. The Bertz CT molecular complexity index is 342. The van der Waals surface area contributed by atoms with E-state index in [2.05, 4.69) is 28.7 Å². The Balaban J connectivity index is 2.24. The van der Waals surface area contributed by atoms with Crippen molar-refractivity contribution in [2.45, 2.75) is 31.7 Å². The van der Waals surface area contributed by atoms with Crippen LogP contribution in [0, 0.1) is 0 Å². The van der Waals surface area contributed by atoms with Gasteiger partial charge in [-0.05, 0) is 19.9 Å². The minimum absolute atomic E-state index is 0.221. The molecule has 0 spiro atoms. The molecule has 1 N–H and O–H groups in total. The average Bonchev–Trinajstić information content (AvgIpc) is 2.86. The van der Waals surface area contributed by atoms with Gasteiger partial charge in [-0.1, -0.05) is 6.92 Å². The summed E-state index contributed by atoms with van der Waals surface area (Å²) in [6.07, 6.45) is 5.10. The molecular weight excluding hydrogens is 202 g/mol. The van der Waals surface area contributed by atoms with Gasteiger partial charge in [-0.3, -0.25) is 0 Å². The molecule has 0 aromatic carbocycles. The van der Waals surface area contributed by atoms with E-state index in [1.807, 2.05) is 12.5 Å². The Morgan fingerprint density at radius 2 is 2.50 bits per heavy atom. The topological polar surface area (TPSA) is 39.1 Å². The van der Waals surface area contributed by atoms with Crippen LogP contribution in [0.1, 0.15) is 32.0 Å². The number of aromatic nitrogens is 2. The minimum atomic E-state index is 0.221. The summed E-state index contributed by atoms with van der Waals surface area (Å²) in [5, 5.41) is 3.43. The molecule has 4 nitrogen and oxygen atoms in total. The van der Waals surface area contributed by atoms with E-state index >= 15 is 0 Å². The third kappa shape index (κ3) is 1.99. The van der Waals surface area contributed by atoms with Crippen LogP contribution in [0.5, 0.6) is 0 Å². The fourth-order valence-corrected chi connectivity index (χ4v) is 2.48. The van der Waals surface area contributed by atoms with Gasteiger partial charge in [0.05, 0.1) is 19.0 Å². The van der Waals surface area contributed by atoms with Crippen LogP contribution in [0.4, 0.5) is 0 Å². The molecule has 2 unspecified atom stereocenters. The molecule has 1 aromatic rings. The smallest absolute Gasteiger partial charge is 0.0951 e. The lowest BCUT2D eigenvalue weighted by molar-refractivity contribution is 0.159. The Hall–Kier alpha value is -0.870. The van der Waals surface area contributed by atoms with Gasteiger partial charge >= 0.3 is 0 Å². The first-order chi connectivity index (χ1) is 7.67. The maximum absolute atomic E-state index is 5.21. The number of nitrogens with one attached hydrogen (secondary N) is 1. The number of hydrogen-bond donors (Lipinski definition) is 1. The van der Waals surface area contributed by atoms with Crippen LogP contribution in [-0.4, -0.2) is 36.4 Å². The normalized spacial score (nSPS) is 27.2. The number of hydrogen-bond acceptors (Lipinski definition) is 3. The summed E-state index contributed by atoms with van der Waals surface area (Å²) in [6.45, 7) is 7.34. The van der Waals surface area contributed by atoms with E-state index in [4.69, 9.17) is 4.74 Å². The van der Waals surface area contributed by atoms with E-state index in [1.165, 1.54) is 12.1 Å². The van der Waals surface area contributed by atoms with Crippen molar-refractivity contribution >= 4 is 0 Å². The van der Waals surface area contributed by atoms with Crippen LogP contribution >= 0.6 is 0 Å². The van der Waals surface area contributed by atoms with Gasteiger partial charge in [0, 0.05) is 31.0 Å². The van der Waals surface area contributed by atoms with Crippen molar-refractivity contribution in [3.8, 4) is 0 Å². The van der Waals surface area contributed by atoms with Crippen LogP contribution in [0.3, 0.4) is 0 Å². The summed E-state index contributed by atoms with van der Waals surface area (Å²) in [6, 6.07) is 0.347. The van der Waals surface area contributed by atoms with Gasteiger partial charge in [0.1, 0.15) is 0 Å². The van der Waals surface area contributed by atoms with Crippen LogP contribution in [0.25, 0.3) is 0 Å². The Labute approximate surface area is 97.0 Å². The second kappa shape index (κ2) is 4.55. The molecule has 0 amide bonds. The molecule has 1 aromatic heterocycles. The highest BCUT2D eigenvalue weighted by atomic mass is 16.5. The molecule has 1 saturated heterocycles. The van der Waals surface area contributed by atoms with Gasteiger partial charge in [0.25, 0.3) is 0 Å². The highest BCUT2D eigenvalue weighted by Crippen LogP contribution is 2.31. The maximum Gasteiger partial charge on any atom is 0.0951 e. The fraction of sp³-hybridized carbons (Fsp3) is 0.750. The molecule has 1 aliphatic rings. The Morgan fingerprint density at radius 1 is 1.69 bits per heavy atom. The van der Waals surface area contributed by atoms with Crippen molar-refractivity contribution in [3.05, 3.63) is 18.2 Å². The molecule has 90 valence electrons. The quantitative estimate of drug-likeness (QED) is 0.837. The van der Waals surface area contributed by atoms with Crippen LogP contribution in [0.15, 0.2) is 12.5 Å². The first kappa shape index (κ1) is 11.6. The molecule has 2 rings (SSSR count). The predicted octanol–water partition coefficient (Wildman–Crippen LogP) is 1.34. The predicted molar refractivity (Wildman–Crippen MR) is 63.7 cm³/mol. The number of methoxy groups -OCH3 is 1. The minimum Gasteiger partial charge on any atom is -0.383 e.